The number of anilines is 1. The van der Waals surface area contributed by atoms with Crippen LogP contribution in [0.15, 0.2) is 12.3 Å². The fraction of sp³-hybridized carbons (Fsp3) is 0.625. The number of pyridine rings is 1. The molecule has 6 heteroatoms. The summed E-state index contributed by atoms with van der Waals surface area (Å²) in [6, 6.07) is 4.09. The molecule has 0 bridgehead atoms. The van der Waals surface area contributed by atoms with Gasteiger partial charge in [0.05, 0.1) is 25.4 Å². The summed E-state index contributed by atoms with van der Waals surface area (Å²) >= 11 is 0. The number of methoxy groups -OCH3 is 1. The Bertz CT molecular complexity index is 554. The Morgan fingerprint density at radius 1 is 1.45 bits per heavy atom. The van der Waals surface area contributed by atoms with Gasteiger partial charge < -0.3 is 19.5 Å². The molecule has 1 N–H and O–H groups in total. The molecule has 6 nitrogen and oxygen atoms in total. The Labute approximate surface area is 130 Å². The van der Waals surface area contributed by atoms with Gasteiger partial charge in [-0.3, -0.25) is 0 Å². The normalized spacial score (nSPS) is 24.5. The van der Waals surface area contributed by atoms with Gasteiger partial charge in [-0.15, -0.1) is 0 Å². The highest BCUT2D eigenvalue weighted by molar-refractivity contribution is 5.61. The number of nitrogens with one attached hydrogen (secondary N) is 1. The van der Waals surface area contributed by atoms with Crippen LogP contribution in [0.5, 0.6) is 5.88 Å². The minimum atomic E-state index is 0.0139. The summed E-state index contributed by atoms with van der Waals surface area (Å²) in [5.41, 5.74) is 1.17. The molecule has 0 amide bonds. The molecule has 2 fully saturated rings. The van der Waals surface area contributed by atoms with E-state index in [0.29, 0.717) is 24.7 Å². The number of ether oxygens (including phenoxy) is 3. The maximum absolute atomic E-state index is 9.34. The minimum Gasteiger partial charge on any atom is -0.480 e. The first-order valence-electron chi connectivity index (χ1n) is 7.70. The smallest absolute Gasteiger partial charge is 0.233 e. The van der Waals surface area contributed by atoms with E-state index in [9.17, 15) is 5.26 Å². The van der Waals surface area contributed by atoms with Crippen LogP contribution in [0.4, 0.5) is 5.69 Å². The molecule has 2 atom stereocenters. The summed E-state index contributed by atoms with van der Waals surface area (Å²) in [5, 5.41) is 12.8. The molecular weight excluding hydrogens is 282 g/mol. The van der Waals surface area contributed by atoms with Crippen LogP contribution in [-0.2, 0) is 9.47 Å². The Kier molecular flexibility index (Phi) is 4.76. The standard InChI is InChI=1S/C16H21N3O3/c1-20-16-12(8-17)13(4-6-18-16)19-14-5-7-21-10-15(14)22-9-11-2-3-11/h4,6,11,14-15H,2-3,5,7,9-10H2,1H3,(H,18,19)/t14-,15-/m1/s1. The molecule has 1 aromatic heterocycles. The van der Waals surface area contributed by atoms with E-state index in [1.807, 2.05) is 0 Å². The predicted octanol–water partition coefficient (Wildman–Crippen LogP) is 1.96. The van der Waals surface area contributed by atoms with Crippen molar-refractivity contribution >= 4 is 5.69 Å². The van der Waals surface area contributed by atoms with E-state index < -0.39 is 0 Å². The molecule has 2 heterocycles. The lowest BCUT2D eigenvalue weighted by molar-refractivity contribution is -0.0597. The highest BCUT2D eigenvalue weighted by Gasteiger charge is 2.30. The Hall–Kier alpha value is -1.84. The Balaban J connectivity index is 1.70. The van der Waals surface area contributed by atoms with E-state index in [4.69, 9.17) is 14.2 Å². The SMILES string of the molecule is COc1nccc(N[C@@H]2CCOC[C@H]2OCC2CC2)c1C#N. The molecule has 0 aromatic carbocycles. The first-order valence-corrected chi connectivity index (χ1v) is 7.70. The number of nitriles is 1. The first kappa shape index (κ1) is 15.1. The average Bonchev–Trinajstić information content (AvgIpc) is 3.38. The summed E-state index contributed by atoms with van der Waals surface area (Å²) in [6.45, 7) is 2.09. The summed E-state index contributed by atoms with van der Waals surface area (Å²) in [7, 11) is 1.52. The summed E-state index contributed by atoms with van der Waals surface area (Å²) in [4.78, 5) is 4.07. The fourth-order valence-electron chi connectivity index (χ4n) is 2.61. The van der Waals surface area contributed by atoms with Gasteiger partial charge in [-0.25, -0.2) is 4.98 Å². The Morgan fingerprint density at radius 3 is 3.05 bits per heavy atom. The highest BCUT2D eigenvalue weighted by Crippen LogP contribution is 2.30. The summed E-state index contributed by atoms with van der Waals surface area (Å²) in [6.07, 6.45) is 5.05. The predicted molar refractivity (Wildman–Crippen MR) is 80.8 cm³/mol. The molecule has 1 saturated heterocycles. The molecule has 1 saturated carbocycles. The third kappa shape index (κ3) is 3.49. The number of rotatable bonds is 6. The van der Waals surface area contributed by atoms with Crippen molar-refractivity contribution in [1.82, 2.24) is 4.98 Å². The second-order valence-corrected chi connectivity index (χ2v) is 5.78. The third-order valence-corrected chi connectivity index (χ3v) is 4.11. The number of hydrogen-bond acceptors (Lipinski definition) is 6. The fourth-order valence-corrected chi connectivity index (χ4v) is 2.61. The van der Waals surface area contributed by atoms with Crippen molar-refractivity contribution < 1.29 is 14.2 Å². The van der Waals surface area contributed by atoms with E-state index in [0.717, 1.165) is 24.6 Å². The molecule has 0 unspecified atom stereocenters. The van der Waals surface area contributed by atoms with E-state index in [1.165, 1.54) is 20.0 Å². The quantitative estimate of drug-likeness (QED) is 0.865. The monoisotopic (exact) mass is 303 g/mol. The van der Waals surface area contributed by atoms with Gasteiger partial charge in [0, 0.05) is 19.4 Å². The number of nitrogens with zero attached hydrogens (tertiary/aromatic N) is 2. The van der Waals surface area contributed by atoms with Crippen molar-refractivity contribution in [3.8, 4) is 11.9 Å². The maximum Gasteiger partial charge on any atom is 0.233 e. The van der Waals surface area contributed by atoms with Crippen LogP contribution in [0.25, 0.3) is 0 Å². The van der Waals surface area contributed by atoms with Gasteiger partial charge in [-0.05, 0) is 31.2 Å². The van der Waals surface area contributed by atoms with Crippen molar-refractivity contribution in [2.24, 2.45) is 5.92 Å². The lowest BCUT2D eigenvalue weighted by Crippen LogP contribution is -2.44. The van der Waals surface area contributed by atoms with Crippen LogP contribution in [-0.4, -0.2) is 44.1 Å². The minimum absolute atomic E-state index is 0.0139. The molecule has 118 valence electrons. The van der Waals surface area contributed by atoms with E-state index >= 15 is 0 Å². The lowest BCUT2D eigenvalue weighted by Gasteiger charge is -2.33. The zero-order valence-electron chi connectivity index (χ0n) is 12.7. The lowest BCUT2D eigenvalue weighted by atomic mass is 10.0. The molecule has 1 aliphatic heterocycles. The molecule has 1 aromatic rings. The number of hydrogen-bond donors (Lipinski definition) is 1. The zero-order chi connectivity index (χ0) is 15.4. The van der Waals surface area contributed by atoms with Gasteiger partial charge in [0.2, 0.25) is 5.88 Å². The second-order valence-electron chi connectivity index (χ2n) is 5.78. The van der Waals surface area contributed by atoms with Crippen molar-refractivity contribution in [2.45, 2.75) is 31.4 Å². The van der Waals surface area contributed by atoms with Crippen LogP contribution in [0.3, 0.4) is 0 Å². The van der Waals surface area contributed by atoms with Gasteiger partial charge in [-0.2, -0.15) is 5.26 Å². The Morgan fingerprint density at radius 2 is 2.32 bits per heavy atom. The third-order valence-electron chi connectivity index (χ3n) is 4.11. The zero-order valence-corrected chi connectivity index (χ0v) is 12.7. The van der Waals surface area contributed by atoms with Gasteiger partial charge in [0.25, 0.3) is 0 Å². The van der Waals surface area contributed by atoms with Crippen LogP contribution in [0.2, 0.25) is 0 Å². The second kappa shape index (κ2) is 6.95. The average molecular weight is 303 g/mol. The molecule has 0 spiro atoms. The van der Waals surface area contributed by atoms with Gasteiger partial charge in [0.1, 0.15) is 17.7 Å². The molecule has 2 aliphatic rings. The van der Waals surface area contributed by atoms with E-state index in [-0.39, 0.29) is 12.1 Å². The van der Waals surface area contributed by atoms with Gasteiger partial charge in [-0.1, -0.05) is 0 Å². The van der Waals surface area contributed by atoms with Gasteiger partial charge in [0.15, 0.2) is 0 Å². The van der Waals surface area contributed by atoms with Crippen molar-refractivity contribution in [1.29, 1.82) is 5.26 Å². The summed E-state index contributed by atoms with van der Waals surface area (Å²) < 4.78 is 16.7. The molecule has 1 aliphatic carbocycles. The van der Waals surface area contributed by atoms with Crippen LogP contribution in [0, 0.1) is 17.2 Å². The molecule has 0 radical (unpaired) electrons. The topological polar surface area (TPSA) is 76.4 Å². The number of aromatic nitrogens is 1. The van der Waals surface area contributed by atoms with Gasteiger partial charge >= 0.3 is 0 Å². The highest BCUT2D eigenvalue weighted by atomic mass is 16.5. The molecule has 3 rings (SSSR count). The van der Waals surface area contributed by atoms with Crippen LogP contribution in [0.1, 0.15) is 24.8 Å². The maximum atomic E-state index is 9.34. The largest absolute Gasteiger partial charge is 0.480 e. The summed E-state index contributed by atoms with van der Waals surface area (Å²) in [5.74, 6) is 1.06. The van der Waals surface area contributed by atoms with Crippen LogP contribution >= 0.6 is 0 Å². The van der Waals surface area contributed by atoms with Crippen molar-refractivity contribution in [2.75, 3.05) is 32.2 Å². The van der Waals surface area contributed by atoms with E-state index in [1.54, 1.807) is 12.3 Å². The first-order chi connectivity index (χ1) is 10.8. The van der Waals surface area contributed by atoms with Crippen molar-refractivity contribution in [3.63, 3.8) is 0 Å². The molecule has 22 heavy (non-hydrogen) atoms. The van der Waals surface area contributed by atoms with Crippen molar-refractivity contribution in [3.05, 3.63) is 17.8 Å². The molecular formula is C16H21N3O3. The van der Waals surface area contributed by atoms with E-state index in [2.05, 4.69) is 16.4 Å². The van der Waals surface area contributed by atoms with Crippen LogP contribution < -0.4 is 10.1 Å².